The van der Waals surface area contributed by atoms with Crippen LogP contribution in [0.4, 0.5) is 4.39 Å². The lowest BCUT2D eigenvalue weighted by Gasteiger charge is -2.00. The largest absolute Gasteiger partial charge is 0.478 e. The Kier molecular flexibility index (Phi) is 3.56. The number of hydrogen-bond acceptors (Lipinski definition) is 3. The normalized spacial score (nSPS) is 10.9. The topological polar surface area (TPSA) is 50.8 Å². The number of H-pyrrole nitrogens is 1. The first-order chi connectivity index (χ1) is 9.67. The zero-order valence-corrected chi connectivity index (χ0v) is 12.8. The molecule has 0 saturated heterocycles. The Labute approximate surface area is 128 Å². The standard InChI is InChI=1S/C14H11FIN3O/c1-2-20-12-6-5-11-14(18-12)19-13(17-11)9-4-3-8(15)7-10(9)16/h3-7H,2H2,1H3,(H,17,18,19). The van der Waals surface area contributed by atoms with Crippen LogP contribution in [0, 0.1) is 9.39 Å². The van der Waals surface area contributed by atoms with Gasteiger partial charge in [-0.25, -0.2) is 9.37 Å². The number of rotatable bonds is 3. The van der Waals surface area contributed by atoms with Crippen LogP contribution in [0.1, 0.15) is 6.92 Å². The highest BCUT2D eigenvalue weighted by molar-refractivity contribution is 14.1. The molecule has 2 heterocycles. The van der Waals surface area contributed by atoms with Crippen molar-refractivity contribution in [3.63, 3.8) is 0 Å². The Balaban J connectivity index is 2.08. The fourth-order valence-electron chi connectivity index (χ4n) is 1.91. The van der Waals surface area contributed by atoms with Crippen LogP contribution in [0.5, 0.6) is 5.88 Å². The van der Waals surface area contributed by atoms with Gasteiger partial charge in [0.15, 0.2) is 5.65 Å². The molecular weight excluding hydrogens is 372 g/mol. The summed E-state index contributed by atoms with van der Waals surface area (Å²) in [4.78, 5) is 11.9. The lowest BCUT2D eigenvalue weighted by atomic mass is 10.2. The second-order valence-electron chi connectivity index (χ2n) is 4.16. The third kappa shape index (κ3) is 2.47. The molecule has 0 aliphatic heterocycles. The molecule has 0 aliphatic rings. The Morgan fingerprint density at radius 1 is 1.25 bits per heavy atom. The first-order valence-electron chi connectivity index (χ1n) is 6.12. The molecule has 0 saturated carbocycles. The first kappa shape index (κ1) is 13.3. The summed E-state index contributed by atoms with van der Waals surface area (Å²) in [6.07, 6.45) is 0. The molecule has 4 nitrogen and oxygen atoms in total. The number of hydrogen-bond donors (Lipinski definition) is 1. The Morgan fingerprint density at radius 3 is 2.85 bits per heavy atom. The lowest BCUT2D eigenvalue weighted by Crippen LogP contribution is -1.93. The number of imidazole rings is 1. The quantitative estimate of drug-likeness (QED) is 0.701. The molecular formula is C14H11FIN3O. The van der Waals surface area contributed by atoms with Gasteiger partial charge in [-0.2, -0.15) is 4.98 Å². The maximum atomic E-state index is 13.1. The van der Waals surface area contributed by atoms with E-state index >= 15 is 0 Å². The van der Waals surface area contributed by atoms with Gasteiger partial charge in [0.2, 0.25) is 5.88 Å². The van der Waals surface area contributed by atoms with Crippen LogP contribution in [0.25, 0.3) is 22.6 Å². The molecule has 0 spiro atoms. The van der Waals surface area contributed by atoms with E-state index in [1.165, 1.54) is 12.1 Å². The molecule has 0 bridgehead atoms. The van der Waals surface area contributed by atoms with Gasteiger partial charge in [-0.05, 0) is 53.8 Å². The number of pyridine rings is 1. The van der Waals surface area contributed by atoms with Crippen molar-refractivity contribution in [2.24, 2.45) is 0 Å². The van der Waals surface area contributed by atoms with Gasteiger partial charge in [-0.3, -0.25) is 0 Å². The van der Waals surface area contributed by atoms with E-state index in [0.29, 0.717) is 24.0 Å². The van der Waals surface area contributed by atoms with E-state index in [1.54, 1.807) is 12.1 Å². The summed E-state index contributed by atoms with van der Waals surface area (Å²) < 4.78 is 19.3. The molecule has 6 heteroatoms. The minimum Gasteiger partial charge on any atom is -0.478 e. The van der Waals surface area contributed by atoms with Crippen molar-refractivity contribution in [1.82, 2.24) is 15.0 Å². The molecule has 0 amide bonds. The van der Waals surface area contributed by atoms with Crippen LogP contribution < -0.4 is 4.74 Å². The van der Waals surface area contributed by atoms with Crippen LogP contribution in [0.15, 0.2) is 30.3 Å². The SMILES string of the molecule is CCOc1ccc2[nH]c(-c3ccc(F)cc3I)nc2n1. The monoisotopic (exact) mass is 383 g/mol. The highest BCUT2D eigenvalue weighted by Gasteiger charge is 2.10. The second kappa shape index (κ2) is 5.35. The van der Waals surface area contributed by atoms with Crippen molar-refractivity contribution < 1.29 is 9.13 Å². The smallest absolute Gasteiger partial charge is 0.215 e. The number of nitrogens with zero attached hydrogens (tertiary/aromatic N) is 2. The highest BCUT2D eigenvalue weighted by atomic mass is 127. The van der Waals surface area contributed by atoms with E-state index in [0.717, 1.165) is 14.7 Å². The summed E-state index contributed by atoms with van der Waals surface area (Å²) in [5.74, 6) is 0.961. The van der Waals surface area contributed by atoms with E-state index in [9.17, 15) is 4.39 Å². The summed E-state index contributed by atoms with van der Waals surface area (Å²) >= 11 is 2.09. The summed E-state index contributed by atoms with van der Waals surface area (Å²) in [5.41, 5.74) is 2.26. The number of nitrogens with one attached hydrogen (secondary N) is 1. The third-order valence-corrected chi connectivity index (χ3v) is 3.69. The van der Waals surface area contributed by atoms with Gasteiger partial charge in [0.1, 0.15) is 11.6 Å². The molecule has 1 N–H and O–H groups in total. The molecule has 102 valence electrons. The van der Waals surface area contributed by atoms with Gasteiger partial charge in [0, 0.05) is 15.2 Å². The summed E-state index contributed by atoms with van der Waals surface area (Å²) in [7, 11) is 0. The molecule has 0 unspecified atom stereocenters. The second-order valence-corrected chi connectivity index (χ2v) is 5.33. The van der Waals surface area contributed by atoms with Crippen LogP contribution in [-0.2, 0) is 0 Å². The predicted molar refractivity (Wildman–Crippen MR) is 83.2 cm³/mol. The van der Waals surface area contributed by atoms with Gasteiger partial charge < -0.3 is 9.72 Å². The number of ether oxygens (including phenoxy) is 1. The molecule has 0 radical (unpaired) electrons. The molecule has 0 atom stereocenters. The molecule has 0 fully saturated rings. The van der Waals surface area contributed by atoms with E-state index in [-0.39, 0.29) is 5.82 Å². The van der Waals surface area contributed by atoms with Gasteiger partial charge in [0.05, 0.1) is 12.1 Å². The average molecular weight is 383 g/mol. The number of halogens is 2. The number of aromatic amines is 1. The fraction of sp³-hybridized carbons (Fsp3) is 0.143. The van der Waals surface area contributed by atoms with E-state index < -0.39 is 0 Å². The van der Waals surface area contributed by atoms with Gasteiger partial charge in [-0.15, -0.1) is 0 Å². The van der Waals surface area contributed by atoms with Gasteiger partial charge in [0.25, 0.3) is 0 Å². The third-order valence-electron chi connectivity index (χ3n) is 2.80. The number of benzene rings is 1. The zero-order valence-electron chi connectivity index (χ0n) is 10.7. The van der Waals surface area contributed by atoms with Gasteiger partial charge >= 0.3 is 0 Å². The van der Waals surface area contributed by atoms with Crippen molar-refractivity contribution in [1.29, 1.82) is 0 Å². The molecule has 3 rings (SSSR count). The maximum absolute atomic E-state index is 13.1. The van der Waals surface area contributed by atoms with Crippen LogP contribution in [0.3, 0.4) is 0 Å². The Morgan fingerprint density at radius 2 is 2.10 bits per heavy atom. The zero-order chi connectivity index (χ0) is 14.1. The average Bonchev–Trinajstić information content (AvgIpc) is 2.81. The van der Waals surface area contributed by atoms with E-state index in [1.807, 2.05) is 13.0 Å². The van der Waals surface area contributed by atoms with Crippen molar-refractivity contribution in [3.8, 4) is 17.3 Å². The first-order valence-corrected chi connectivity index (χ1v) is 7.20. The highest BCUT2D eigenvalue weighted by Crippen LogP contribution is 2.26. The minimum absolute atomic E-state index is 0.258. The van der Waals surface area contributed by atoms with E-state index in [2.05, 4.69) is 37.5 Å². The van der Waals surface area contributed by atoms with Crippen molar-refractivity contribution >= 4 is 33.8 Å². The van der Waals surface area contributed by atoms with Crippen LogP contribution >= 0.6 is 22.6 Å². The maximum Gasteiger partial charge on any atom is 0.215 e. The van der Waals surface area contributed by atoms with Gasteiger partial charge in [-0.1, -0.05) is 0 Å². The fourth-order valence-corrected chi connectivity index (χ4v) is 2.65. The van der Waals surface area contributed by atoms with E-state index in [4.69, 9.17) is 4.74 Å². The van der Waals surface area contributed by atoms with Crippen LogP contribution in [0.2, 0.25) is 0 Å². The Bertz CT molecular complexity index is 772. The molecule has 3 aromatic rings. The summed E-state index contributed by atoms with van der Waals surface area (Å²) in [6, 6.07) is 8.27. The molecule has 0 aliphatic carbocycles. The van der Waals surface area contributed by atoms with Crippen molar-refractivity contribution in [2.45, 2.75) is 6.92 Å². The summed E-state index contributed by atoms with van der Waals surface area (Å²) in [6.45, 7) is 2.47. The predicted octanol–water partition coefficient (Wildman–Crippen LogP) is 3.77. The van der Waals surface area contributed by atoms with Crippen molar-refractivity contribution in [3.05, 3.63) is 39.7 Å². The number of aromatic nitrogens is 3. The van der Waals surface area contributed by atoms with Crippen LogP contribution in [-0.4, -0.2) is 21.6 Å². The van der Waals surface area contributed by atoms with Crippen molar-refractivity contribution in [2.75, 3.05) is 6.61 Å². The Hall–Kier alpha value is -1.70. The lowest BCUT2D eigenvalue weighted by molar-refractivity contribution is 0.328. The number of fused-ring (bicyclic) bond motifs is 1. The summed E-state index contributed by atoms with van der Waals surface area (Å²) in [5, 5.41) is 0. The molecule has 20 heavy (non-hydrogen) atoms. The molecule has 1 aromatic carbocycles. The minimum atomic E-state index is -0.258. The molecule has 2 aromatic heterocycles.